The van der Waals surface area contributed by atoms with Crippen molar-refractivity contribution in [2.45, 2.75) is 17.9 Å². The Bertz CT molecular complexity index is 692. The van der Waals surface area contributed by atoms with Gasteiger partial charge in [0.1, 0.15) is 6.04 Å². The van der Waals surface area contributed by atoms with Crippen LogP contribution in [0, 0.1) is 0 Å². The Morgan fingerprint density at radius 3 is 2.76 bits per heavy atom. The first-order valence-electron chi connectivity index (χ1n) is 6.63. The van der Waals surface area contributed by atoms with E-state index in [1.165, 1.54) is 4.90 Å². The quantitative estimate of drug-likeness (QED) is 0.722. The molecular weight excluding hydrogens is 302 g/mol. The summed E-state index contributed by atoms with van der Waals surface area (Å²) >= 11 is 3.39. The van der Waals surface area contributed by atoms with Crippen LogP contribution in [0.15, 0.2) is 51.2 Å². The van der Waals surface area contributed by atoms with E-state index in [2.05, 4.69) is 29.2 Å². The minimum Gasteiger partial charge on any atom is -0.337 e. The third-order valence-electron chi connectivity index (χ3n) is 2.98. The number of rotatable bonds is 5. The van der Waals surface area contributed by atoms with E-state index in [1.807, 2.05) is 29.6 Å². The van der Waals surface area contributed by atoms with Gasteiger partial charge in [-0.2, -0.15) is 4.98 Å². The molecule has 0 aliphatic carbocycles. The number of hydrogen-bond acceptors (Lipinski definition) is 6. The topological polar surface area (TPSA) is 64.9 Å². The summed E-state index contributed by atoms with van der Waals surface area (Å²) in [6.45, 7) is 2.13. The average molecular weight is 317 g/mol. The van der Waals surface area contributed by atoms with Crippen molar-refractivity contribution in [3.8, 4) is 11.4 Å². The summed E-state index contributed by atoms with van der Waals surface area (Å²) in [6, 6.07) is 11.7. The molecule has 0 saturated carbocycles. The van der Waals surface area contributed by atoms with Crippen molar-refractivity contribution in [3.63, 3.8) is 0 Å². The number of nitrogens with two attached hydrogens (primary N) is 1. The van der Waals surface area contributed by atoms with Gasteiger partial charge < -0.3 is 10.3 Å². The van der Waals surface area contributed by atoms with Gasteiger partial charge in [0.05, 0.1) is 0 Å². The molecule has 0 saturated heterocycles. The molecule has 108 valence electrons. The Hall–Kier alpha value is -1.63. The molecule has 2 N–H and O–H groups in total. The van der Waals surface area contributed by atoms with Crippen molar-refractivity contribution in [1.82, 2.24) is 10.1 Å². The Labute approximate surface area is 131 Å². The molecule has 0 fully saturated rings. The van der Waals surface area contributed by atoms with Gasteiger partial charge in [-0.25, -0.2) is 0 Å². The lowest BCUT2D eigenvalue weighted by Gasteiger charge is -2.02. The number of hydrogen-bond donors (Lipinski definition) is 1. The van der Waals surface area contributed by atoms with Gasteiger partial charge in [0.15, 0.2) is 0 Å². The van der Waals surface area contributed by atoms with Gasteiger partial charge in [-0.1, -0.05) is 18.1 Å². The molecule has 0 bridgehead atoms. The molecule has 1 atom stereocenters. The van der Waals surface area contributed by atoms with Gasteiger partial charge >= 0.3 is 0 Å². The summed E-state index contributed by atoms with van der Waals surface area (Å²) in [6.07, 6.45) is 0. The second-order valence-electron chi connectivity index (χ2n) is 4.41. The van der Waals surface area contributed by atoms with Crippen LogP contribution >= 0.6 is 23.1 Å². The van der Waals surface area contributed by atoms with E-state index < -0.39 is 0 Å². The first kappa shape index (κ1) is 14.3. The van der Waals surface area contributed by atoms with Crippen LogP contribution < -0.4 is 5.73 Å². The molecule has 0 spiro atoms. The predicted molar refractivity (Wildman–Crippen MR) is 86.5 cm³/mol. The zero-order valence-corrected chi connectivity index (χ0v) is 13.2. The highest BCUT2D eigenvalue weighted by atomic mass is 32.2. The molecule has 0 aliphatic rings. The summed E-state index contributed by atoms with van der Waals surface area (Å²) in [5.41, 5.74) is 7.06. The second kappa shape index (κ2) is 6.43. The maximum atomic E-state index is 6.13. The van der Waals surface area contributed by atoms with Crippen molar-refractivity contribution < 1.29 is 4.52 Å². The zero-order valence-electron chi connectivity index (χ0n) is 11.5. The smallest absolute Gasteiger partial charge is 0.249 e. The van der Waals surface area contributed by atoms with Gasteiger partial charge in [0, 0.05) is 15.3 Å². The van der Waals surface area contributed by atoms with Gasteiger partial charge in [-0.3, -0.25) is 0 Å². The number of thiophene rings is 1. The minimum absolute atomic E-state index is 0.360. The molecular formula is C15H15N3OS2. The van der Waals surface area contributed by atoms with Crippen LogP contribution in [0.5, 0.6) is 0 Å². The SMILES string of the molecule is CCSc1ccc(-c2noc(C(N)c3cccs3)n2)cc1. The van der Waals surface area contributed by atoms with Crippen LogP contribution in [0.4, 0.5) is 0 Å². The fourth-order valence-corrected chi connectivity index (χ4v) is 3.32. The van der Waals surface area contributed by atoms with E-state index in [-0.39, 0.29) is 6.04 Å². The lowest BCUT2D eigenvalue weighted by Crippen LogP contribution is -2.10. The summed E-state index contributed by atoms with van der Waals surface area (Å²) in [7, 11) is 0. The Morgan fingerprint density at radius 1 is 1.29 bits per heavy atom. The van der Waals surface area contributed by atoms with Crippen molar-refractivity contribution >= 4 is 23.1 Å². The van der Waals surface area contributed by atoms with Crippen molar-refractivity contribution in [3.05, 3.63) is 52.5 Å². The molecule has 0 amide bonds. The molecule has 0 aliphatic heterocycles. The Morgan fingerprint density at radius 2 is 2.10 bits per heavy atom. The molecule has 21 heavy (non-hydrogen) atoms. The third kappa shape index (κ3) is 3.18. The van der Waals surface area contributed by atoms with Crippen LogP contribution in [0.1, 0.15) is 23.7 Å². The maximum absolute atomic E-state index is 6.13. The molecule has 0 radical (unpaired) electrons. The standard InChI is InChI=1S/C15H15N3OS2/c1-2-20-11-7-5-10(6-8-11)14-17-15(19-18-14)13(16)12-4-3-9-21-12/h3-9,13H,2,16H2,1H3. The largest absolute Gasteiger partial charge is 0.337 e. The van der Waals surface area contributed by atoms with E-state index in [1.54, 1.807) is 23.1 Å². The van der Waals surface area contributed by atoms with Crippen LogP contribution in [0.25, 0.3) is 11.4 Å². The predicted octanol–water partition coefficient (Wildman–Crippen LogP) is 3.96. The Balaban J connectivity index is 1.81. The number of thioether (sulfide) groups is 1. The molecule has 1 aromatic carbocycles. The average Bonchev–Trinajstić information content (AvgIpc) is 3.19. The fourth-order valence-electron chi connectivity index (χ4n) is 1.94. The van der Waals surface area contributed by atoms with Crippen LogP contribution in [-0.2, 0) is 0 Å². The number of benzene rings is 1. The highest BCUT2D eigenvalue weighted by Crippen LogP contribution is 2.26. The van der Waals surface area contributed by atoms with Gasteiger partial charge in [-0.05, 0) is 41.5 Å². The Kier molecular flexibility index (Phi) is 4.38. The molecule has 1 unspecified atom stereocenters. The molecule has 4 nitrogen and oxygen atoms in total. The third-order valence-corrected chi connectivity index (χ3v) is 4.83. The first-order valence-corrected chi connectivity index (χ1v) is 8.50. The van der Waals surface area contributed by atoms with E-state index in [9.17, 15) is 0 Å². The summed E-state index contributed by atoms with van der Waals surface area (Å²) in [4.78, 5) is 6.66. The molecule has 2 aromatic heterocycles. The lowest BCUT2D eigenvalue weighted by molar-refractivity contribution is 0.368. The highest BCUT2D eigenvalue weighted by molar-refractivity contribution is 7.99. The van der Waals surface area contributed by atoms with Crippen LogP contribution in [0.2, 0.25) is 0 Å². The highest BCUT2D eigenvalue weighted by Gasteiger charge is 2.18. The summed E-state index contributed by atoms with van der Waals surface area (Å²) in [5, 5.41) is 6.01. The van der Waals surface area contributed by atoms with E-state index in [0.717, 1.165) is 16.2 Å². The van der Waals surface area contributed by atoms with Gasteiger partial charge in [-0.15, -0.1) is 23.1 Å². The van der Waals surface area contributed by atoms with Crippen molar-refractivity contribution in [2.75, 3.05) is 5.75 Å². The van der Waals surface area contributed by atoms with E-state index in [4.69, 9.17) is 10.3 Å². The molecule has 3 rings (SSSR count). The summed E-state index contributed by atoms with van der Waals surface area (Å²) in [5.74, 6) is 2.07. The van der Waals surface area contributed by atoms with Gasteiger partial charge in [0.25, 0.3) is 0 Å². The normalized spacial score (nSPS) is 12.5. The van der Waals surface area contributed by atoms with Gasteiger partial charge in [0.2, 0.25) is 11.7 Å². The van der Waals surface area contributed by atoms with Crippen LogP contribution in [-0.4, -0.2) is 15.9 Å². The maximum Gasteiger partial charge on any atom is 0.249 e. The van der Waals surface area contributed by atoms with E-state index in [0.29, 0.717) is 11.7 Å². The van der Waals surface area contributed by atoms with Crippen molar-refractivity contribution in [1.29, 1.82) is 0 Å². The molecule has 6 heteroatoms. The van der Waals surface area contributed by atoms with Crippen molar-refractivity contribution in [2.24, 2.45) is 5.73 Å². The lowest BCUT2D eigenvalue weighted by atomic mass is 10.2. The second-order valence-corrected chi connectivity index (χ2v) is 6.72. The zero-order chi connectivity index (χ0) is 14.7. The van der Waals surface area contributed by atoms with E-state index >= 15 is 0 Å². The molecule has 3 aromatic rings. The monoisotopic (exact) mass is 317 g/mol. The number of aromatic nitrogens is 2. The number of nitrogens with zero attached hydrogens (tertiary/aromatic N) is 2. The van der Waals surface area contributed by atoms with Crippen LogP contribution in [0.3, 0.4) is 0 Å². The summed E-state index contributed by atoms with van der Waals surface area (Å²) < 4.78 is 5.30. The first-order chi connectivity index (χ1) is 10.3. The molecule has 2 heterocycles. The fraction of sp³-hybridized carbons (Fsp3) is 0.200. The minimum atomic E-state index is -0.360.